The highest BCUT2D eigenvalue weighted by atomic mass is 16.2. The van der Waals surface area contributed by atoms with Crippen LogP contribution in [0.4, 0.5) is 0 Å². The number of aromatic nitrogens is 3. The van der Waals surface area contributed by atoms with Gasteiger partial charge in [-0.05, 0) is 5.56 Å². The Kier molecular flexibility index (Phi) is 4.88. The molecule has 1 N–H and O–H groups in total. The number of nitrogens with one attached hydrogen (secondary N) is 1. The average molecular weight is 327 g/mol. The van der Waals surface area contributed by atoms with Gasteiger partial charge in [0.2, 0.25) is 11.8 Å². The fourth-order valence-corrected chi connectivity index (χ4v) is 2.88. The van der Waals surface area contributed by atoms with Gasteiger partial charge in [-0.15, -0.1) is 10.2 Å². The van der Waals surface area contributed by atoms with Crippen molar-refractivity contribution in [3.63, 3.8) is 0 Å². The summed E-state index contributed by atoms with van der Waals surface area (Å²) >= 11 is 0. The molecule has 1 aliphatic heterocycles. The van der Waals surface area contributed by atoms with E-state index in [1.54, 1.807) is 15.8 Å². The Hall–Kier alpha value is -2.70. The van der Waals surface area contributed by atoms with Gasteiger partial charge in [0.1, 0.15) is 12.2 Å². The van der Waals surface area contributed by atoms with Crippen LogP contribution in [-0.2, 0) is 29.6 Å². The van der Waals surface area contributed by atoms with Gasteiger partial charge in [0.25, 0.3) is 0 Å². The summed E-state index contributed by atoms with van der Waals surface area (Å²) < 4.78 is 1.80. The number of hydrogen-bond donors (Lipinski definition) is 1. The second-order valence-corrected chi connectivity index (χ2v) is 6.09. The second-order valence-electron chi connectivity index (χ2n) is 6.09. The normalized spacial score (nSPS) is 17.3. The van der Waals surface area contributed by atoms with Crippen LogP contribution < -0.4 is 5.32 Å². The van der Waals surface area contributed by atoms with Gasteiger partial charge in [0, 0.05) is 39.4 Å². The van der Waals surface area contributed by atoms with Crippen molar-refractivity contribution in [2.24, 2.45) is 7.05 Å². The number of carbonyl (C=O) groups is 2. The van der Waals surface area contributed by atoms with E-state index in [0.29, 0.717) is 32.4 Å². The third-order valence-electron chi connectivity index (χ3n) is 4.18. The van der Waals surface area contributed by atoms with Gasteiger partial charge in [-0.3, -0.25) is 9.59 Å². The predicted octanol–water partition coefficient (Wildman–Crippen LogP) is 0.665. The molecule has 1 fully saturated rings. The molecule has 0 unspecified atom stereocenters. The van der Waals surface area contributed by atoms with Gasteiger partial charge >= 0.3 is 0 Å². The number of carbonyl (C=O) groups excluding carboxylic acids is 2. The molecule has 1 atom stereocenters. The Morgan fingerprint density at radius 1 is 1.33 bits per heavy atom. The van der Waals surface area contributed by atoms with Crippen molar-refractivity contribution in [3.05, 3.63) is 48.0 Å². The van der Waals surface area contributed by atoms with Crippen molar-refractivity contribution in [1.29, 1.82) is 0 Å². The summed E-state index contributed by atoms with van der Waals surface area (Å²) in [6, 6.07) is 9.76. The lowest BCUT2D eigenvalue weighted by Gasteiger charge is -2.17. The number of likely N-dealkylation sites (tertiary alicyclic amines) is 1. The van der Waals surface area contributed by atoms with Crippen molar-refractivity contribution in [2.45, 2.75) is 31.8 Å². The Balaban J connectivity index is 1.47. The zero-order valence-corrected chi connectivity index (χ0v) is 13.7. The van der Waals surface area contributed by atoms with Gasteiger partial charge in [-0.1, -0.05) is 30.3 Å². The molecule has 1 aromatic carbocycles. The van der Waals surface area contributed by atoms with Crippen LogP contribution in [-0.4, -0.2) is 44.1 Å². The van der Waals surface area contributed by atoms with Gasteiger partial charge in [0.15, 0.2) is 0 Å². The first-order chi connectivity index (χ1) is 11.6. The van der Waals surface area contributed by atoms with E-state index in [-0.39, 0.29) is 17.9 Å². The largest absolute Gasteiger partial charge is 0.351 e. The fraction of sp³-hybridized carbons (Fsp3) is 0.412. The number of nitrogens with zero attached hydrogens (tertiary/aromatic N) is 4. The summed E-state index contributed by atoms with van der Waals surface area (Å²) in [5, 5.41) is 10.7. The number of amides is 2. The summed E-state index contributed by atoms with van der Waals surface area (Å²) in [6.07, 6.45) is 2.86. The first-order valence-corrected chi connectivity index (χ1v) is 8.06. The Morgan fingerprint density at radius 3 is 2.83 bits per heavy atom. The zero-order chi connectivity index (χ0) is 16.9. The maximum absolute atomic E-state index is 12.1. The molecule has 0 saturated carbocycles. The fourth-order valence-electron chi connectivity index (χ4n) is 2.88. The van der Waals surface area contributed by atoms with Crippen LogP contribution in [0.15, 0.2) is 36.7 Å². The Morgan fingerprint density at radius 2 is 2.12 bits per heavy atom. The molecule has 2 heterocycles. The van der Waals surface area contributed by atoms with E-state index in [1.807, 2.05) is 37.4 Å². The maximum Gasteiger partial charge on any atom is 0.225 e. The molecule has 7 heteroatoms. The van der Waals surface area contributed by atoms with Crippen LogP contribution in [0, 0.1) is 0 Å². The lowest BCUT2D eigenvalue weighted by molar-refractivity contribution is -0.128. The van der Waals surface area contributed by atoms with Crippen LogP contribution in [0.2, 0.25) is 0 Å². The predicted molar refractivity (Wildman–Crippen MR) is 87.7 cm³/mol. The minimum atomic E-state index is -0.117. The summed E-state index contributed by atoms with van der Waals surface area (Å²) in [7, 11) is 1.85. The van der Waals surface area contributed by atoms with Crippen molar-refractivity contribution in [1.82, 2.24) is 25.0 Å². The SMILES string of the molecule is Cn1cnnc1CCC(=O)N[C@H]1CC(=O)N(Cc2ccccc2)C1. The first-order valence-electron chi connectivity index (χ1n) is 8.06. The third-order valence-corrected chi connectivity index (χ3v) is 4.18. The van der Waals surface area contributed by atoms with Crippen LogP contribution >= 0.6 is 0 Å². The summed E-state index contributed by atoms with van der Waals surface area (Å²) in [4.78, 5) is 26.0. The maximum atomic E-state index is 12.1. The number of benzene rings is 1. The molecule has 0 aliphatic carbocycles. The van der Waals surface area contributed by atoms with E-state index < -0.39 is 0 Å². The topological polar surface area (TPSA) is 80.1 Å². The Labute approximate surface area is 140 Å². The van der Waals surface area contributed by atoms with Gasteiger partial charge in [-0.25, -0.2) is 0 Å². The smallest absolute Gasteiger partial charge is 0.225 e. The summed E-state index contributed by atoms with van der Waals surface area (Å²) in [5.74, 6) is 0.799. The molecular formula is C17H21N5O2. The lowest BCUT2D eigenvalue weighted by atomic mass is 10.2. The van der Waals surface area contributed by atoms with Crippen LogP contribution in [0.5, 0.6) is 0 Å². The zero-order valence-electron chi connectivity index (χ0n) is 13.7. The van der Waals surface area contributed by atoms with Crippen LogP contribution in [0.1, 0.15) is 24.2 Å². The Bertz CT molecular complexity index is 713. The van der Waals surface area contributed by atoms with Crippen molar-refractivity contribution in [2.75, 3.05) is 6.54 Å². The van der Waals surface area contributed by atoms with E-state index in [9.17, 15) is 9.59 Å². The molecule has 1 aromatic heterocycles. The van der Waals surface area contributed by atoms with Gasteiger partial charge in [-0.2, -0.15) is 0 Å². The number of rotatable bonds is 6. The number of aryl methyl sites for hydroxylation is 2. The molecule has 1 aliphatic rings. The van der Waals surface area contributed by atoms with Crippen molar-refractivity contribution < 1.29 is 9.59 Å². The molecule has 0 spiro atoms. The first kappa shape index (κ1) is 16.2. The highest BCUT2D eigenvalue weighted by molar-refractivity contribution is 5.82. The molecule has 1 saturated heterocycles. The van der Waals surface area contributed by atoms with E-state index >= 15 is 0 Å². The highest BCUT2D eigenvalue weighted by Gasteiger charge is 2.30. The molecular weight excluding hydrogens is 306 g/mol. The molecule has 7 nitrogen and oxygen atoms in total. The summed E-state index contributed by atoms with van der Waals surface area (Å²) in [5.41, 5.74) is 1.10. The van der Waals surface area contributed by atoms with Gasteiger partial charge in [0.05, 0.1) is 6.04 Å². The lowest BCUT2D eigenvalue weighted by Crippen LogP contribution is -2.37. The van der Waals surface area contributed by atoms with E-state index in [4.69, 9.17) is 0 Å². The van der Waals surface area contributed by atoms with E-state index in [2.05, 4.69) is 15.5 Å². The van der Waals surface area contributed by atoms with Crippen LogP contribution in [0.25, 0.3) is 0 Å². The number of hydrogen-bond acceptors (Lipinski definition) is 4. The third kappa shape index (κ3) is 3.98. The minimum Gasteiger partial charge on any atom is -0.351 e. The van der Waals surface area contributed by atoms with Crippen LogP contribution in [0.3, 0.4) is 0 Å². The average Bonchev–Trinajstić information content (AvgIpc) is 3.12. The molecule has 2 amide bonds. The highest BCUT2D eigenvalue weighted by Crippen LogP contribution is 2.15. The standard InChI is InChI=1S/C17H21N5O2/c1-21-12-18-20-15(21)7-8-16(23)19-14-9-17(24)22(11-14)10-13-5-3-2-4-6-13/h2-6,12,14H,7-11H2,1H3,(H,19,23)/t14-/m0/s1. The summed E-state index contributed by atoms with van der Waals surface area (Å²) in [6.45, 7) is 1.15. The van der Waals surface area contributed by atoms with E-state index in [0.717, 1.165) is 11.4 Å². The minimum absolute atomic E-state index is 0.0580. The molecule has 2 aromatic rings. The quantitative estimate of drug-likeness (QED) is 0.845. The van der Waals surface area contributed by atoms with E-state index in [1.165, 1.54) is 0 Å². The molecule has 24 heavy (non-hydrogen) atoms. The van der Waals surface area contributed by atoms with Crippen molar-refractivity contribution >= 4 is 11.8 Å². The van der Waals surface area contributed by atoms with Crippen molar-refractivity contribution in [3.8, 4) is 0 Å². The molecule has 126 valence electrons. The molecule has 3 rings (SSSR count). The molecule has 0 bridgehead atoms. The monoisotopic (exact) mass is 327 g/mol. The van der Waals surface area contributed by atoms with Gasteiger partial charge < -0.3 is 14.8 Å². The second kappa shape index (κ2) is 7.25. The molecule has 0 radical (unpaired) electrons.